The summed E-state index contributed by atoms with van der Waals surface area (Å²) < 4.78 is 8.07. The predicted molar refractivity (Wildman–Crippen MR) is 115 cm³/mol. The van der Waals surface area contributed by atoms with E-state index >= 15 is 0 Å². The van der Waals surface area contributed by atoms with Crippen molar-refractivity contribution in [3.05, 3.63) is 107 Å². The van der Waals surface area contributed by atoms with Crippen LogP contribution in [0, 0.1) is 18.3 Å². The van der Waals surface area contributed by atoms with E-state index < -0.39 is 0 Å². The van der Waals surface area contributed by atoms with E-state index in [9.17, 15) is 5.26 Å². The molecule has 30 heavy (non-hydrogen) atoms. The quantitative estimate of drug-likeness (QED) is 0.463. The zero-order valence-corrected chi connectivity index (χ0v) is 17.0. The summed E-state index contributed by atoms with van der Waals surface area (Å²) in [6, 6.07) is 26.3. The molecule has 1 unspecified atom stereocenters. The maximum Gasteiger partial charge on any atom is 0.126 e. The first kappa shape index (κ1) is 19.6. The van der Waals surface area contributed by atoms with Crippen LogP contribution in [0.15, 0.2) is 79.0 Å². The maximum atomic E-state index is 9.67. The number of hydrogen-bond acceptors (Lipinski definition) is 4. The third-order valence-corrected chi connectivity index (χ3v) is 5.18. The van der Waals surface area contributed by atoms with Gasteiger partial charge in [0.1, 0.15) is 6.10 Å². The molecule has 0 radical (unpaired) electrons. The molecular weight excluding hydrogens is 372 g/mol. The Labute approximate surface area is 176 Å². The summed E-state index contributed by atoms with van der Waals surface area (Å²) in [4.78, 5) is 0. The smallest absolute Gasteiger partial charge is 0.126 e. The van der Waals surface area contributed by atoms with Crippen molar-refractivity contribution in [3.8, 4) is 17.2 Å². The standard InChI is InChI=1S/C25H22N4O/c1-18-8-6-7-11-22(18)23-14-20(12-13-21(23)15-26)25(24-16-27-28-29(24)2)30-17-19-9-4-3-5-10-19/h3-14,16,25H,17H2,1-2H3. The largest absolute Gasteiger partial charge is 0.362 e. The Hall–Kier alpha value is -3.75. The maximum absolute atomic E-state index is 9.67. The number of nitriles is 1. The van der Waals surface area contributed by atoms with Crippen LogP contribution in [0.2, 0.25) is 0 Å². The van der Waals surface area contributed by atoms with Crippen LogP contribution in [-0.2, 0) is 18.4 Å². The molecular formula is C25H22N4O. The van der Waals surface area contributed by atoms with E-state index in [2.05, 4.69) is 29.4 Å². The second kappa shape index (κ2) is 8.73. The number of benzene rings is 3. The SMILES string of the molecule is Cc1ccccc1-c1cc(C(OCc2ccccc2)c2cnnn2C)ccc1C#N. The summed E-state index contributed by atoms with van der Waals surface area (Å²) in [5.74, 6) is 0. The first-order valence-electron chi connectivity index (χ1n) is 9.77. The van der Waals surface area contributed by atoms with Gasteiger partial charge in [-0.25, -0.2) is 4.68 Å². The highest BCUT2D eigenvalue weighted by Crippen LogP contribution is 2.33. The second-order valence-electron chi connectivity index (χ2n) is 7.19. The zero-order valence-electron chi connectivity index (χ0n) is 17.0. The van der Waals surface area contributed by atoms with Gasteiger partial charge in [0, 0.05) is 12.6 Å². The molecule has 3 aromatic carbocycles. The number of nitrogens with zero attached hydrogens (tertiary/aromatic N) is 4. The minimum absolute atomic E-state index is 0.360. The fourth-order valence-corrected chi connectivity index (χ4v) is 3.56. The molecule has 0 aliphatic rings. The average molecular weight is 394 g/mol. The molecule has 1 heterocycles. The van der Waals surface area contributed by atoms with Crippen molar-refractivity contribution in [2.24, 2.45) is 7.05 Å². The first-order chi connectivity index (χ1) is 14.7. The lowest BCUT2D eigenvalue weighted by atomic mass is 9.93. The molecule has 5 nitrogen and oxygen atoms in total. The summed E-state index contributed by atoms with van der Waals surface area (Å²) >= 11 is 0. The van der Waals surface area contributed by atoms with E-state index in [1.54, 1.807) is 10.9 Å². The Balaban J connectivity index is 1.77. The van der Waals surface area contributed by atoms with Crippen LogP contribution in [0.4, 0.5) is 0 Å². The van der Waals surface area contributed by atoms with E-state index in [0.29, 0.717) is 12.2 Å². The monoisotopic (exact) mass is 394 g/mol. The van der Waals surface area contributed by atoms with Gasteiger partial charge in [0.2, 0.25) is 0 Å². The highest BCUT2D eigenvalue weighted by Gasteiger charge is 2.21. The number of aromatic nitrogens is 3. The zero-order chi connectivity index (χ0) is 20.9. The molecule has 0 saturated heterocycles. The molecule has 1 aromatic heterocycles. The summed E-state index contributed by atoms with van der Waals surface area (Å²) in [5, 5.41) is 17.8. The predicted octanol–water partition coefficient (Wildman–Crippen LogP) is 4.97. The first-order valence-corrected chi connectivity index (χ1v) is 9.77. The second-order valence-corrected chi connectivity index (χ2v) is 7.19. The van der Waals surface area contributed by atoms with Gasteiger partial charge in [0.05, 0.1) is 30.1 Å². The minimum Gasteiger partial charge on any atom is -0.362 e. The van der Waals surface area contributed by atoms with Gasteiger partial charge in [0.25, 0.3) is 0 Å². The van der Waals surface area contributed by atoms with Crippen LogP contribution < -0.4 is 0 Å². The van der Waals surface area contributed by atoms with Crippen LogP contribution in [0.5, 0.6) is 0 Å². The van der Waals surface area contributed by atoms with Crippen LogP contribution in [0.3, 0.4) is 0 Å². The van der Waals surface area contributed by atoms with Crippen LogP contribution in [0.1, 0.15) is 34.1 Å². The molecule has 148 valence electrons. The summed E-state index contributed by atoms with van der Waals surface area (Å²) in [7, 11) is 1.85. The van der Waals surface area contributed by atoms with E-state index in [1.807, 2.05) is 73.8 Å². The summed E-state index contributed by atoms with van der Waals surface area (Å²) in [5.41, 5.74) is 6.59. The van der Waals surface area contributed by atoms with Crippen molar-refractivity contribution in [1.29, 1.82) is 5.26 Å². The highest BCUT2D eigenvalue weighted by molar-refractivity contribution is 5.74. The Morgan fingerprint density at radius 2 is 1.77 bits per heavy atom. The van der Waals surface area contributed by atoms with E-state index in [1.165, 1.54) is 0 Å². The topological polar surface area (TPSA) is 63.7 Å². The van der Waals surface area contributed by atoms with E-state index in [4.69, 9.17) is 4.74 Å². The molecule has 5 heteroatoms. The average Bonchev–Trinajstić information content (AvgIpc) is 3.20. The molecule has 1 atom stereocenters. The number of rotatable bonds is 6. The molecule has 0 fully saturated rings. The molecule has 0 spiro atoms. The van der Waals surface area contributed by atoms with Gasteiger partial charge in [-0.15, -0.1) is 5.10 Å². The number of aryl methyl sites for hydroxylation is 2. The highest BCUT2D eigenvalue weighted by atomic mass is 16.5. The molecule has 4 aromatic rings. The van der Waals surface area contributed by atoms with Crippen molar-refractivity contribution >= 4 is 0 Å². The van der Waals surface area contributed by atoms with Gasteiger partial charge in [-0.2, -0.15) is 5.26 Å². The van der Waals surface area contributed by atoms with Crippen molar-refractivity contribution in [2.75, 3.05) is 0 Å². The minimum atomic E-state index is -0.360. The fraction of sp³-hybridized carbons (Fsp3) is 0.160. The van der Waals surface area contributed by atoms with Gasteiger partial charge in [-0.05, 0) is 41.3 Å². The van der Waals surface area contributed by atoms with Gasteiger partial charge in [0.15, 0.2) is 0 Å². The van der Waals surface area contributed by atoms with Crippen molar-refractivity contribution < 1.29 is 4.74 Å². The lowest BCUT2D eigenvalue weighted by Crippen LogP contribution is -2.12. The van der Waals surface area contributed by atoms with Gasteiger partial charge >= 0.3 is 0 Å². The Morgan fingerprint density at radius 1 is 1.00 bits per heavy atom. The van der Waals surface area contributed by atoms with Crippen LogP contribution >= 0.6 is 0 Å². The lowest BCUT2D eigenvalue weighted by molar-refractivity contribution is 0.0615. The van der Waals surface area contributed by atoms with Crippen molar-refractivity contribution in [3.63, 3.8) is 0 Å². The van der Waals surface area contributed by atoms with Crippen LogP contribution in [-0.4, -0.2) is 15.0 Å². The van der Waals surface area contributed by atoms with E-state index in [-0.39, 0.29) is 6.10 Å². The van der Waals surface area contributed by atoms with E-state index in [0.717, 1.165) is 33.5 Å². The number of ether oxygens (including phenoxy) is 1. The normalized spacial score (nSPS) is 11.8. The Kier molecular flexibility index (Phi) is 5.69. The summed E-state index contributed by atoms with van der Waals surface area (Å²) in [6.45, 7) is 2.51. The number of hydrogen-bond donors (Lipinski definition) is 0. The lowest BCUT2D eigenvalue weighted by Gasteiger charge is -2.20. The molecule has 0 aliphatic heterocycles. The van der Waals surface area contributed by atoms with Crippen molar-refractivity contribution in [2.45, 2.75) is 19.6 Å². The van der Waals surface area contributed by atoms with Gasteiger partial charge < -0.3 is 4.74 Å². The molecule has 0 bridgehead atoms. The molecule has 0 aliphatic carbocycles. The molecule has 0 saturated carbocycles. The molecule has 0 amide bonds. The summed E-state index contributed by atoms with van der Waals surface area (Å²) in [6.07, 6.45) is 1.36. The Morgan fingerprint density at radius 3 is 2.47 bits per heavy atom. The third-order valence-electron chi connectivity index (χ3n) is 5.18. The third kappa shape index (κ3) is 4.00. The van der Waals surface area contributed by atoms with Crippen LogP contribution in [0.25, 0.3) is 11.1 Å². The van der Waals surface area contributed by atoms with Gasteiger partial charge in [-0.3, -0.25) is 0 Å². The molecule has 4 rings (SSSR count). The van der Waals surface area contributed by atoms with Crippen molar-refractivity contribution in [1.82, 2.24) is 15.0 Å². The Bertz CT molecular complexity index is 1190. The fourth-order valence-electron chi connectivity index (χ4n) is 3.56. The molecule has 0 N–H and O–H groups in total. The van der Waals surface area contributed by atoms with Gasteiger partial charge in [-0.1, -0.05) is 65.9 Å².